The second-order valence-electron chi connectivity index (χ2n) is 6.23. The third kappa shape index (κ3) is 3.95. The van der Waals surface area contributed by atoms with Crippen molar-refractivity contribution in [2.75, 3.05) is 19.5 Å². The highest BCUT2D eigenvalue weighted by Crippen LogP contribution is 2.34. The number of benzene rings is 1. The smallest absolute Gasteiger partial charge is 0.265 e. The number of ether oxygens (including phenoxy) is 2. The summed E-state index contributed by atoms with van der Waals surface area (Å²) in [6.45, 7) is 6.43. The molecule has 0 aliphatic heterocycles. The number of rotatable bonds is 8. The Morgan fingerprint density at radius 2 is 1.88 bits per heavy atom. The number of methoxy groups -OCH3 is 2. The van der Waals surface area contributed by atoms with Crippen LogP contribution in [0.5, 0.6) is 11.5 Å². The lowest BCUT2D eigenvalue weighted by Crippen LogP contribution is -2.21. The minimum absolute atomic E-state index is 0.0661. The predicted octanol–water partition coefficient (Wildman–Crippen LogP) is 4.41. The lowest BCUT2D eigenvalue weighted by atomic mass is 9.80. The molecule has 0 fully saturated rings. The molecule has 0 aliphatic carbocycles. The normalized spacial score (nSPS) is 13.2. The summed E-state index contributed by atoms with van der Waals surface area (Å²) in [7, 11) is 3.02. The maximum Gasteiger partial charge on any atom is 0.265 e. The summed E-state index contributed by atoms with van der Waals surface area (Å²) in [5.41, 5.74) is 1.10. The van der Waals surface area contributed by atoms with Crippen molar-refractivity contribution in [3.63, 3.8) is 0 Å². The third-order valence-electron chi connectivity index (χ3n) is 4.60. The Bertz CT molecular complexity index is 704. The molecule has 1 heterocycles. The molecule has 2 aromatic rings. The average molecular weight is 346 g/mol. The van der Waals surface area contributed by atoms with Gasteiger partial charge in [0.15, 0.2) is 0 Å². The predicted molar refractivity (Wildman–Crippen MR) is 96.6 cm³/mol. The van der Waals surface area contributed by atoms with E-state index in [2.05, 4.69) is 31.2 Å². The molecule has 1 aromatic carbocycles. The summed E-state index contributed by atoms with van der Waals surface area (Å²) in [6, 6.07) is 6.97. The van der Waals surface area contributed by atoms with Crippen LogP contribution < -0.4 is 14.8 Å². The van der Waals surface area contributed by atoms with Gasteiger partial charge in [0.1, 0.15) is 17.1 Å². The first-order valence-electron chi connectivity index (χ1n) is 8.48. The van der Waals surface area contributed by atoms with Crippen molar-refractivity contribution in [1.82, 2.24) is 5.16 Å². The number of aromatic nitrogens is 1. The molecule has 6 heteroatoms. The fourth-order valence-electron chi connectivity index (χ4n) is 2.91. The largest absolute Gasteiger partial charge is 0.496 e. The topological polar surface area (TPSA) is 73.6 Å². The second-order valence-corrected chi connectivity index (χ2v) is 6.23. The third-order valence-corrected chi connectivity index (χ3v) is 4.60. The van der Waals surface area contributed by atoms with Crippen LogP contribution >= 0.6 is 0 Å². The summed E-state index contributed by atoms with van der Waals surface area (Å²) in [5.74, 6) is 0.802. The van der Waals surface area contributed by atoms with E-state index in [1.54, 1.807) is 24.3 Å². The summed E-state index contributed by atoms with van der Waals surface area (Å²) in [5, 5.41) is 6.90. The Morgan fingerprint density at radius 1 is 1.24 bits per heavy atom. The molecule has 0 radical (unpaired) electrons. The molecule has 25 heavy (non-hydrogen) atoms. The van der Waals surface area contributed by atoms with E-state index in [4.69, 9.17) is 14.0 Å². The number of hydrogen-bond donors (Lipinski definition) is 1. The van der Waals surface area contributed by atoms with Crippen molar-refractivity contribution < 1.29 is 18.8 Å². The molecule has 0 saturated heterocycles. The molecule has 2 rings (SSSR count). The number of anilines is 1. The van der Waals surface area contributed by atoms with Gasteiger partial charge in [0, 0.05) is 11.5 Å². The standard InChI is InChI=1S/C19H26N2O4/c1-6-11-19(3,7-2)15-12-16(25-21-15)20-18(22)17-13(23-4)9-8-10-14(17)24-5/h8-10,12H,6-7,11H2,1-5H3,(H,20,22). The van der Waals surface area contributed by atoms with Gasteiger partial charge in [0.2, 0.25) is 5.88 Å². The highest BCUT2D eigenvalue weighted by atomic mass is 16.5. The van der Waals surface area contributed by atoms with Crippen LogP contribution in [0, 0.1) is 0 Å². The Hall–Kier alpha value is -2.50. The molecular weight excluding hydrogens is 320 g/mol. The van der Waals surface area contributed by atoms with E-state index < -0.39 is 0 Å². The molecular formula is C19H26N2O4. The highest BCUT2D eigenvalue weighted by molar-refractivity contribution is 6.07. The van der Waals surface area contributed by atoms with E-state index in [1.807, 2.05) is 0 Å². The number of nitrogens with one attached hydrogen (secondary N) is 1. The SMILES string of the molecule is CCCC(C)(CC)c1cc(NC(=O)c2c(OC)cccc2OC)on1. The molecule has 0 aliphatic rings. The van der Waals surface area contributed by atoms with Crippen molar-refractivity contribution in [1.29, 1.82) is 0 Å². The fraction of sp³-hybridized carbons (Fsp3) is 0.474. The van der Waals surface area contributed by atoms with Crippen LogP contribution in [0.25, 0.3) is 0 Å². The van der Waals surface area contributed by atoms with Gasteiger partial charge in [0.05, 0.1) is 19.9 Å². The number of hydrogen-bond acceptors (Lipinski definition) is 5. The number of amides is 1. The molecule has 0 spiro atoms. The molecule has 0 bridgehead atoms. The molecule has 1 N–H and O–H groups in total. The van der Waals surface area contributed by atoms with Gasteiger partial charge in [-0.15, -0.1) is 0 Å². The zero-order valence-electron chi connectivity index (χ0n) is 15.5. The molecule has 1 aromatic heterocycles. The van der Waals surface area contributed by atoms with Crippen LogP contribution in [0.1, 0.15) is 56.1 Å². The summed E-state index contributed by atoms with van der Waals surface area (Å²) < 4.78 is 15.9. The lowest BCUT2D eigenvalue weighted by molar-refractivity contribution is 0.101. The van der Waals surface area contributed by atoms with Gasteiger partial charge in [-0.1, -0.05) is 38.4 Å². The summed E-state index contributed by atoms with van der Waals surface area (Å²) >= 11 is 0. The number of carbonyl (C=O) groups is 1. The van der Waals surface area contributed by atoms with Crippen molar-refractivity contribution in [2.45, 2.75) is 45.4 Å². The van der Waals surface area contributed by atoms with Gasteiger partial charge in [-0.25, -0.2) is 0 Å². The van der Waals surface area contributed by atoms with E-state index in [0.717, 1.165) is 25.0 Å². The van der Waals surface area contributed by atoms with Gasteiger partial charge in [0.25, 0.3) is 5.91 Å². The highest BCUT2D eigenvalue weighted by Gasteiger charge is 2.28. The molecule has 136 valence electrons. The van der Waals surface area contributed by atoms with Crippen LogP contribution in [-0.4, -0.2) is 25.3 Å². The minimum Gasteiger partial charge on any atom is -0.496 e. The molecule has 0 saturated carbocycles. The number of nitrogens with zero attached hydrogens (tertiary/aromatic N) is 1. The maximum atomic E-state index is 12.7. The van der Waals surface area contributed by atoms with Crippen LogP contribution in [0.15, 0.2) is 28.8 Å². The monoisotopic (exact) mass is 346 g/mol. The van der Waals surface area contributed by atoms with Gasteiger partial charge >= 0.3 is 0 Å². The van der Waals surface area contributed by atoms with E-state index in [1.165, 1.54) is 14.2 Å². The Kier molecular flexibility index (Phi) is 6.07. The van der Waals surface area contributed by atoms with Gasteiger partial charge in [-0.05, 0) is 25.0 Å². The Morgan fingerprint density at radius 3 is 2.40 bits per heavy atom. The van der Waals surface area contributed by atoms with Gasteiger partial charge in [-0.2, -0.15) is 0 Å². The lowest BCUT2D eigenvalue weighted by Gasteiger charge is -2.24. The Labute approximate surface area is 148 Å². The first-order chi connectivity index (χ1) is 12.0. The van der Waals surface area contributed by atoms with Crippen molar-refractivity contribution in [3.8, 4) is 11.5 Å². The van der Waals surface area contributed by atoms with Gasteiger partial charge in [-0.3, -0.25) is 10.1 Å². The number of carbonyl (C=O) groups excluding carboxylic acids is 1. The molecule has 6 nitrogen and oxygen atoms in total. The van der Waals surface area contributed by atoms with Crippen LogP contribution in [-0.2, 0) is 5.41 Å². The zero-order valence-corrected chi connectivity index (χ0v) is 15.5. The maximum absolute atomic E-state index is 12.7. The van der Waals surface area contributed by atoms with Crippen LogP contribution in [0.2, 0.25) is 0 Å². The van der Waals surface area contributed by atoms with Crippen LogP contribution in [0.4, 0.5) is 5.88 Å². The van der Waals surface area contributed by atoms with Crippen molar-refractivity contribution in [2.24, 2.45) is 0 Å². The van der Waals surface area contributed by atoms with E-state index >= 15 is 0 Å². The first-order valence-corrected chi connectivity index (χ1v) is 8.48. The Balaban J connectivity index is 2.26. The second kappa shape index (κ2) is 8.05. The van der Waals surface area contributed by atoms with E-state index in [9.17, 15) is 4.79 Å². The quantitative estimate of drug-likeness (QED) is 0.766. The fourth-order valence-corrected chi connectivity index (χ4v) is 2.91. The zero-order chi connectivity index (χ0) is 18.4. The summed E-state index contributed by atoms with van der Waals surface area (Å²) in [4.78, 5) is 12.7. The first kappa shape index (κ1) is 18.8. The van der Waals surface area contributed by atoms with E-state index in [0.29, 0.717) is 22.9 Å². The van der Waals surface area contributed by atoms with Crippen molar-refractivity contribution >= 4 is 11.8 Å². The van der Waals surface area contributed by atoms with Crippen LogP contribution in [0.3, 0.4) is 0 Å². The molecule has 1 atom stereocenters. The van der Waals surface area contributed by atoms with E-state index in [-0.39, 0.29) is 11.3 Å². The van der Waals surface area contributed by atoms with Gasteiger partial charge < -0.3 is 14.0 Å². The minimum atomic E-state index is -0.370. The molecule has 1 amide bonds. The summed E-state index contributed by atoms with van der Waals surface area (Å²) in [6.07, 6.45) is 3.00. The molecule has 1 unspecified atom stereocenters. The van der Waals surface area contributed by atoms with Crippen molar-refractivity contribution in [3.05, 3.63) is 35.5 Å². The average Bonchev–Trinajstić information content (AvgIpc) is 3.10.